The van der Waals surface area contributed by atoms with Crippen molar-refractivity contribution < 1.29 is 9.59 Å². The van der Waals surface area contributed by atoms with Gasteiger partial charge < -0.3 is 9.80 Å². The van der Waals surface area contributed by atoms with Gasteiger partial charge in [0.1, 0.15) is 0 Å². The molecular weight excluding hydrogens is 436 g/mol. The first-order valence-electron chi connectivity index (χ1n) is 11.3. The molecule has 168 valence electrons. The number of carbonyl (C=O) groups excluding carboxylic acids is 2. The summed E-state index contributed by atoms with van der Waals surface area (Å²) in [5.41, 5.74) is 3.67. The van der Waals surface area contributed by atoms with Crippen molar-refractivity contribution in [3.8, 4) is 11.4 Å². The summed E-state index contributed by atoms with van der Waals surface area (Å²) in [5.74, 6) is 0.847. The van der Waals surface area contributed by atoms with Gasteiger partial charge >= 0.3 is 0 Å². The van der Waals surface area contributed by atoms with Crippen LogP contribution in [0.2, 0.25) is 5.02 Å². The van der Waals surface area contributed by atoms with Gasteiger partial charge in [-0.25, -0.2) is 9.97 Å². The van der Waals surface area contributed by atoms with Crippen molar-refractivity contribution in [2.24, 2.45) is 5.92 Å². The second-order valence-corrected chi connectivity index (χ2v) is 9.05. The number of piperidine rings is 1. The first kappa shape index (κ1) is 21.6. The van der Waals surface area contributed by atoms with Crippen LogP contribution in [-0.2, 0) is 17.8 Å². The summed E-state index contributed by atoms with van der Waals surface area (Å²) in [4.78, 5) is 39.0. The molecule has 33 heavy (non-hydrogen) atoms. The Balaban J connectivity index is 1.19. The molecule has 0 spiro atoms. The van der Waals surface area contributed by atoms with Crippen molar-refractivity contribution in [1.82, 2.24) is 19.8 Å². The Hall–Kier alpha value is -3.25. The van der Waals surface area contributed by atoms with Crippen LogP contribution in [0.4, 0.5) is 0 Å². The zero-order valence-electron chi connectivity index (χ0n) is 18.3. The maximum Gasteiger partial charge on any atom is 0.253 e. The minimum atomic E-state index is -0.0506. The van der Waals surface area contributed by atoms with E-state index in [0.29, 0.717) is 49.6 Å². The Bertz CT molecular complexity index is 1160. The monoisotopic (exact) mass is 460 g/mol. The van der Waals surface area contributed by atoms with Crippen molar-refractivity contribution >= 4 is 23.4 Å². The van der Waals surface area contributed by atoms with Gasteiger partial charge in [0.25, 0.3) is 5.91 Å². The number of benzene rings is 2. The quantitative estimate of drug-likeness (QED) is 0.586. The zero-order chi connectivity index (χ0) is 22.8. The highest BCUT2D eigenvalue weighted by atomic mass is 35.5. The summed E-state index contributed by atoms with van der Waals surface area (Å²) in [6.45, 7) is 2.39. The van der Waals surface area contributed by atoms with E-state index in [1.54, 1.807) is 24.3 Å². The van der Waals surface area contributed by atoms with Crippen LogP contribution >= 0.6 is 11.6 Å². The van der Waals surface area contributed by atoms with Crippen LogP contribution in [-0.4, -0.2) is 51.2 Å². The number of nitrogens with zero attached hydrogens (tertiary/aromatic N) is 4. The highest BCUT2D eigenvalue weighted by Crippen LogP contribution is 2.26. The molecule has 0 atom stereocenters. The van der Waals surface area contributed by atoms with E-state index >= 15 is 0 Å². The molecular formula is C26H25ClN4O2. The summed E-state index contributed by atoms with van der Waals surface area (Å²) >= 11 is 5.92. The lowest BCUT2D eigenvalue weighted by atomic mass is 9.93. The molecule has 2 amide bonds. The predicted octanol–water partition coefficient (Wildman–Crippen LogP) is 4.23. The fraction of sp³-hybridized carbons (Fsp3) is 0.308. The smallest absolute Gasteiger partial charge is 0.253 e. The lowest BCUT2D eigenvalue weighted by Crippen LogP contribution is -2.45. The van der Waals surface area contributed by atoms with E-state index in [9.17, 15) is 9.59 Å². The molecule has 2 aromatic carbocycles. The molecule has 0 unspecified atom stereocenters. The van der Waals surface area contributed by atoms with Crippen LogP contribution in [0.5, 0.6) is 0 Å². The normalized spacial score (nSPS) is 16.4. The van der Waals surface area contributed by atoms with Crippen molar-refractivity contribution in [2.45, 2.75) is 25.8 Å². The van der Waals surface area contributed by atoms with Gasteiger partial charge in [-0.3, -0.25) is 9.59 Å². The molecule has 3 heterocycles. The Kier molecular flexibility index (Phi) is 6.09. The number of hydrogen-bond acceptors (Lipinski definition) is 4. The zero-order valence-corrected chi connectivity index (χ0v) is 19.0. The molecule has 2 aliphatic heterocycles. The molecule has 0 aliphatic carbocycles. The van der Waals surface area contributed by atoms with Crippen LogP contribution in [0, 0.1) is 5.92 Å². The number of fused-ring (bicyclic) bond motifs is 1. The van der Waals surface area contributed by atoms with Crippen LogP contribution in [0.1, 0.15) is 34.5 Å². The van der Waals surface area contributed by atoms with E-state index in [0.717, 1.165) is 29.1 Å². The summed E-state index contributed by atoms with van der Waals surface area (Å²) < 4.78 is 0. The number of halogens is 1. The number of likely N-dealkylation sites (tertiary alicyclic amines) is 1. The van der Waals surface area contributed by atoms with Gasteiger partial charge in [0.2, 0.25) is 5.91 Å². The Labute approximate surface area is 198 Å². The molecule has 7 heteroatoms. The van der Waals surface area contributed by atoms with E-state index < -0.39 is 0 Å². The molecule has 1 fully saturated rings. The first-order chi connectivity index (χ1) is 16.1. The standard InChI is InChI=1S/C26H25ClN4O2/c27-22-8-6-19(7-9-22)25(32)30-13-10-20(11-14-30)26(33)31-15-12-23-21(17-31)16-28-24(29-23)18-4-2-1-3-5-18/h1-9,16,20H,10-15,17H2. The molecule has 0 N–H and O–H groups in total. The average Bonchev–Trinajstić information content (AvgIpc) is 2.88. The summed E-state index contributed by atoms with van der Waals surface area (Å²) in [5, 5.41) is 0.612. The van der Waals surface area contributed by atoms with Gasteiger partial charge in [-0.05, 0) is 37.1 Å². The van der Waals surface area contributed by atoms with Crippen molar-refractivity contribution in [1.29, 1.82) is 0 Å². The number of rotatable bonds is 3. The van der Waals surface area contributed by atoms with E-state index in [-0.39, 0.29) is 17.7 Å². The minimum Gasteiger partial charge on any atom is -0.339 e. The molecule has 0 bridgehead atoms. The fourth-order valence-corrected chi connectivity index (χ4v) is 4.72. The third-order valence-electron chi connectivity index (χ3n) is 6.50. The second-order valence-electron chi connectivity index (χ2n) is 8.61. The van der Waals surface area contributed by atoms with Crippen molar-refractivity contribution in [3.63, 3.8) is 0 Å². The summed E-state index contributed by atoms with van der Waals surface area (Å²) in [6, 6.07) is 16.9. The SMILES string of the molecule is O=C(c1ccc(Cl)cc1)N1CCC(C(=O)N2CCc3nc(-c4ccccc4)ncc3C2)CC1. The molecule has 6 nitrogen and oxygen atoms in total. The maximum absolute atomic E-state index is 13.2. The molecule has 0 saturated carbocycles. The lowest BCUT2D eigenvalue weighted by Gasteiger charge is -2.36. The van der Waals surface area contributed by atoms with Gasteiger partial charge in [0.05, 0.1) is 5.69 Å². The molecule has 1 saturated heterocycles. The Morgan fingerprint density at radius 1 is 0.909 bits per heavy atom. The number of carbonyl (C=O) groups is 2. The van der Waals surface area contributed by atoms with Crippen LogP contribution in [0.25, 0.3) is 11.4 Å². The van der Waals surface area contributed by atoms with Crippen molar-refractivity contribution in [3.05, 3.63) is 82.6 Å². The number of hydrogen-bond donors (Lipinski definition) is 0. The van der Waals surface area contributed by atoms with Gasteiger partial charge in [-0.1, -0.05) is 41.9 Å². The third kappa shape index (κ3) is 4.62. The van der Waals surface area contributed by atoms with Crippen LogP contribution < -0.4 is 0 Å². The topological polar surface area (TPSA) is 66.4 Å². The second kappa shape index (κ2) is 9.32. The van der Waals surface area contributed by atoms with E-state index in [1.807, 2.05) is 46.3 Å². The summed E-state index contributed by atoms with van der Waals surface area (Å²) in [6.07, 6.45) is 3.96. The Morgan fingerprint density at radius 3 is 2.36 bits per heavy atom. The first-order valence-corrected chi connectivity index (χ1v) is 11.7. The van der Waals surface area contributed by atoms with Gasteiger partial charge in [0.15, 0.2) is 5.82 Å². The highest BCUT2D eigenvalue weighted by Gasteiger charge is 2.32. The minimum absolute atomic E-state index is 0.00386. The molecule has 1 aromatic heterocycles. The van der Waals surface area contributed by atoms with Crippen LogP contribution in [0.15, 0.2) is 60.8 Å². The van der Waals surface area contributed by atoms with Gasteiger partial charge in [0, 0.05) is 66.4 Å². The molecule has 0 radical (unpaired) electrons. The predicted molar refractivity (Wildman–Crippen MR) is 127 cm³/mol. The number of aromatic nitrogens is 2. The molecule has 2 aliphatic rings. The highest BCUT2D eigenvalue weighted by molar-refractivity contribution is 6.30. The molecule has 5 rings (SSSR count). The average molecular weight is 461 g/mol. The van der Waals surface area contributed by atoms with E-state index in [1.165, 1.54) is 0 Å². The molecule has 3 aromatic rings. The van der Waals surface area contributed by atoms with Gasteiger partial charge in [-0.2, -0.15) is 0 Å². The van der Waals surface area contributed by atoms with Crippen molar-refractivity contribution in [2.75, 3.05) is 19.6 Å². The third-order valence-corrected chi connectivity index (χ3v) is 6.75. The Morgan fingerprint density at radius 2 is 1.64 bits per heavy atom. The maximum atomic E-state index is 13.2. The number of amides is 2. The fourth-order valence-electron chi connectivity index (χ4n) is 4.59. The summed E-state index contributed by atoms with van der Waals surface area (Å²) in [7, 11) is 0. The lowest BCUT2D eigenvalue weighted by molar-refractivity contribution is -0.137. The van der Waals surface area contributed by atoms with E-state index in [4.69, 9.17) is 16.6 Å². The van der Waals surface area contributed by atoms with E-state index in [2.05, 4.69) is 4.98 Å². The largest absolute Gasteiger partial charge is 0.339 e. The van der Waals surface area contributed by atoms with Crippen LogP contribution in [0.3, 0.4) is 0 Å². The van der Waals surface area contributed by atoms with Gasteiger partial charge in [-0.15, -0.1) is 0 Å².